The summed E-state index contributed by atoms with van der Waals surface area (Å²) in [5.74, 6) is 0.124. The first-order valence-electron chi connectivity index (χ1n) is 8.07. The lowest BCUT2D eigenvalue weighted by Gasteiger charge is -2.25. The van der Waals surface area contributed by atoms with Crippen LogP contribution in [0.3, 0.4) is 0 Å². The molecular weight excluding hydrogens is 292 g/mol. The van der Waals surface area contributed by atoms with Crippen LogP contribution in [0, 0.1) is 12.8 Å². The van der Waals surface area contributed by atoms with Crippen molar-refractivity contribution in [3.05, 3.63) is 41.7 Å². The molecule has 1 amide bonds. The fourth-order valence-corrected chi connectivity index (χ4v) is 3.04. The van der Waals surface area contributed by atoms with Gasteiger partial charge in [0.25, 0.3) is 5.91 Å². The monoisotopic (exact) mass is 314 g/mol. The number of aromatic nitrogens is 3. The van der Waals surface area contributed by atoms with Crippen LogP contribution in [0.1, 0.15) is 41.7 Å². The highest BCUT2D eigenvalue weighted by Crippen LogP contribution is 2.23. The number of rotatable bonds is 4. The zero-order chi connectivity index (χ0) is 16.2. The fourth-order valence-electron chi connectivity index (χ4n) is 3.04. The molecule has 23 heavy (non-hydrogen) atoms. The third-order valence-electron chi connectivity index (χ3n) is 4.30. The molecule has 0 spiro atoms. The number of hydrogen-bond donors (Lipinski definition) is 2. The molecule has 2 atom stereocenters. The second kappa shape index (κ2) is 6.91. The van der Waals surface area contributed by atoms with Gasteiger partial charge in [-0.1, -0.05) is 23.8 Å². The van der Waals surface area contributed by atoms with Crippen LogP contribution in [0.4, 0.5) is 0 Å². The summed E-state index contributed by atoms with van der Waals surface area (Å²) in [6.07, 6.45) is 5.11. The number of benzene rings is 1. The van der Waals surface area contributed by atoms with E-state index in [0.29, 0.717) is 18.2 Å². The Morgan fingerprint density at radius 3 is 3.09 bits per heavy atom. The molecule has 1 aromatic heterocycles. The standard InChI is InChI=1S/C17H22N4O2/c1-12-4-2-6-14(8-12)21-11-16(19-20-21)17(23)18-10-13-5-3-7-15(22)9-13/h2,4,6,8,11,13,15,22H,3,5,7,9-10H2,1H3,(H,18,23). The Bertz CT molecular complexity index is 683. The van der Waals surface area contributed by atoms with Gasteiger partial charge in [0.15, 0.2) is 5.69 Å². The summed E-state index contributed by atoms with van der Waals surface area (Å²) < 4.78 is 1.60. The maximum absolute atomic E-state index is 12.2. The molecule has 2 unspecified atom stereocenters. The van der Waals surface area contributed by atoms with Gasteiger partial charge >= 0.3 is 0 Å². The lowest BCUT2D eigenvalue weighted by atomic mass is 9.87. The lowest BCUT2D eigenvalue weighted by molar-refractivity contribution is 0.0870. The quantitative estimate of drug-likeness (QED) is 0.902. The van der Waals surface area contributed by atoms with E-state index in [1.165, 1.54) is 0 Å². The van der Waals surface area contributed by atoms with Crippen molar-refractivity contribution >= 4 is 5.91 Å². The average molecular weight is 314 g/mol. The Labute approximate surface area is 135 Å². The molecule has 2 N–H and O–H groups in total. The number of aliphatic hydroxyl groups excluding tert-OH is 1. The first-order chi connectivity index (χ1) is 11.1. The first kappa shape index (κ1) is 15.7. The highest BCUT2D eigenvalue weighted by atomic mass is 16.3. The van der Waals surface area contributed by atoms with Crippen molar-refractivity contribution in [2.75, 3.05) is 6.54 Å². The summed E-state index contributed by atoms with van der Waals surface area (Å²) >= 11 is 0. The summed E-state index contributed by atoms with van der Waals surface area (Å²) in [5, 5.41) is 20.5. The molecule has 2 aromatic rings. The van der Waals surface area contributed by atoms with Crippen LogP contribution in [0.2, 0.25) is 0 Å². The molecule has 1 fully saturated rings. The van der Waals surface area contributed by atoms with Crippen molar-refractivity contribution in [3.8, 4) is 5.69 Å². The van der Waals surface area contributed by atoms with Crippen molar-refractivity contribution in [1.82, 2.24) is 20.3 Å². The minimum absolute atomic E-state index is 0.219. The van der Waals surface area contributed by atoms with E-state index in [0.717, 1.165) is 36.9 Å². The number of hydrogen-bond acceptors (Lipinski definition) is 4. The Kier molecular flexibility index (Phi) is 4.71. The molecule has 0 bridgehead atoms. The van der Waals surface area contributed by atoms with Gasteiger partial charge in [-0.2, -0.15) is 0 Å². The second-order valence-electron chi connectivity index (χ2n) is 6.28. The highest BCUT2D eigenvalue weighted by molar-refractivity contribution is 5.91. The minimum Gasteiger partial charge on any atom is -0.393 e. The molecule has 0 aliphatic heterocycles. The topological polar surface area (TPSA) is 80.0 Å². The van der Waals surface area contributed by atoms with Crippen LogP contribution in [0.25, 0.3) is 5.69 Å². The molecule has 1 aromatic carbocycles. The van der Waals surface area contributed by atoms with E-state index in [1.807, 2.05) is 31.2 Å². The molecule has 6 heteroatoms. The maximum atomic E-state index is 12.2. The number of nitrogens with one attached hydrogen (secondary N) is 1. The maximum Gasteiger partial charge on any atom is 0.273 e. The van der Waals surface area contributed by atoms with Gasteiger partial charge in [0.05, 0.1) is 18.0 Å². The van der Waals surface area contributed by atoms with E-state index < -0.39 is 0 Å². The predicted octanol–water partition coefficient (Wildman–Crippen LogP) is 1.86. The zero-order valence-electron chi connectivity index (χ0n) is 13.3. The molecule has 0 saturated heterocycles. The van der Waals surface area contributed by atoms with Gasteiger partial charge in [0, 0.05) is 6.54 Å². The fraction of sp³-hybridized carbons (Fsp3) is 0.471. The summed E-state index contributed by atoms with van der Waals surface area (Å²) in [4.78, 5) is 12.2. The largest absolute Gasteiger partial charge is 0.393 e. The Hall–Kier alpha value is -2.21. The number of aryl methyl sites for hydroxylation is 1. The van der Waals surface area contributed by atoms with Crippen molar-refractivity contribution in [2.45, 2.75) is 38.7 Å². The molecule has 3 rings (SSSR count). The van der Waals surface area contributed by atoms with Crippen molar-refractivity contribution in [2.24, 2.45) is 5.92 Å². The Balaban J connectivity index is 1.60. The van der Waals surface area contributed by atoms with E-state index >= 15 is 0 Å². The molecule has 122 valence electrons. The number of amides is 1. The molecule has 1 aliphatic carbocycles. The molecule has 0 radical (unpaired) electrons. The van der Waals surface area contributed by atoms with Crippen LogP contribution in [-0.2, 0) is 0 Å². The lowest BCUT2D eigenvalue weighted by Crippen LogP contribution is -2.33. The van der Waals surface area contributed by atoms with Gasteiger partial charge in [-0.25, -0.2) is 4.68 Å². The SMILES string of the molecule is Cc1cccc(-n2cc(C(=O)NCC3CCCC(O)C3)nn2)c1. The number of carbonyl (C=O) groups excluding carboxylic acids is 1. The summed E-state index contributed by atoms with van der Waals surface area (Å²) in [5.41, 5.74) is 2.31. The second-order valence-corrected chi connectivity index (χ2v) is 6.28. The van der Waals surface area contributed by atoms with Crippen molar-refractivity contribution < 1.29 is 9.90 Å². The van der Waals surface area contributed by atoms with Crippen molar-refractivity contribution in [3.63, 3.8) is 0 Å². The molecule has 6 nitrogen and oxygen atoms in total. The third kappa shape index (κ3) is 3.96. The molecule has 1 aliphatic rings. The van der Waals surface area contributed by atoms with E-state index in [9.17, 15) is 9.90 Å². The molecule has 1 heterocycles. The van der Waals surface area contributed by atoms with Gasteiger partial charge in [-0.3, -0.25) is 4.79 Å². The van der Waals surface area contributed by atoms with Gasteiger partial charge < -0.3 is 10.4 Å². The normalized spacial score (nSPS) is 21.1. The van der Waals surface area contributed by atoms with Gasteiger partial charge in [0.2, 0.25) is 0 Å². The van der Waals surface area contributed by atoms with Crippen LogP contribution < -0.4 is 5.32 Å². The zero-order valence-corrected chi connectivity index (χ0v) is 13.3. The van der Waals surface area contributed by atoms with Crippen LogP contribution in [0.15, 0.2) is 30.5 Å². The van der Waals surface area contributed by atoms with Crippen LogP contribution in [0.5, 0.6) is 0 Å². The Morgan fingerprint density at radius 2 is 2.30 bits per heavy atom. The van der Waals surface area contributed by atoms with Gasteiger partial charge in [-0.05, 0) is 49.8 Å². The number of nitrogens with zero attached hydrogens (tertiary/aromatic N) is 3. The molecule has 1 saturated carbocycles. The third-order valence-corrected chi connectivity index (χ3v) is 4.30. The number of aliphatic hydroxyl groups is 1. The molecular formula is C17H22N4O2. The van der Waals surface area contributed by atoms with Crippen LogP contribution >= 0.6 is 0 Å². The Morgan fingerprint density at radius 1 is 1.43 bits per heavy atom. The average Bonchev–Trinajstić information content (AvgIpc) is 3.03. The minimum atomic E-state index is -0.229. The highest BCUT2D eigenvalue weighted by Gasteiger charge is 2.21. The summed E-state index contributed by atoms with van der Waals surface area (Å²) in [7, 11) is 0. The first-order valence-corrected chi connectivity index (χ1v) is 8.07. The summed E-state index contributed by atoms with van der Waals surface area (Å²) in [6.45, 7) is 2.58. The van der Waals surface area contributed by atoms with Crippen LogP contribution in [-0.4, -0.2) is 38.7 Å². The van der Waals surface area contributed by atoms with Crippen molar-refractivity contribution in [1.29, 1.82) is 0 Å². The van der Waals surface area contributed by atoms with E-state index in [-0.39, 0.29) is 12.0 Å². The predicted molar refractivity (Wildman–Crippen MR) is 86.4 cm³/mol. The van der Waals surface area contributed by atoms with E-state index in [1.54, 1.807) is 10.9 Å². The number of carbonyl (C=O) groups is 1. The summed E-state index contributed by atoms with van der Waals surface area (Å²) in [6, 6.07) is 7.86. The smallest absolute Gasteiger partial charge is 0.273 e. The van der Waals surface area contributed by atoms with E-state index in [4.69, 9.17) is 0 Å². The van der Waals surface area contributed by atoms with Gasteiger partial charge in [-0.15, -0.1) is 5.10 Å². The van der Waals surface area contributed by atoms with Gasteiger partial charge in [0.1, 0.15) is 0 Å². The van der Waals surface area contributed by atoms with E-state index in [2.05, 4.69) is 15.6 Å².